The molecule has 0 N–H and O–H groups in total. The van der Waals surface area contributed by atoms with Crippen LogP contribution in [0.5, 0.6) is 0 Å². The maximum atomic E-state index is 13.5. The highest BCUT2D eigenvalue weighted by atomic mass is 35.5. The summed E-state index contributed by atoms with van der Waals surface area (Å²) in [4.78, 5) is 20.7. The number of carbonyl (C=O) groups is 1. The molecule has 7 heteroatoms. The lowest BCUT2D eigenvalue weighted by Crippen LogP contribution is -2.40. The molecular formula is C21H15ClFN3OS. The van der Waals surface area contributed by atoms with Gasteiger partial charge >= 0.3 is 0 Å². The van der Waals surface area contributed by atoms with E-state index in [-0.39, 0.29) is 17.8 Å². The maximum Gasteiger partial charge on any atom is 0.256 e. The third-order valence-corrected chi connectivity index (χ3v) is 6.42. The summed E-state index contributed by atoms with van der Waals surface area (Å²) >= 11 is 7.82. The monoisotopic (exact) mass is 411 g/mol. The van der Waals surface area contributed by atoms with Crippen molar-refractivity contribution < 1.29 is 9.18 Å². The van der Waals surface area contributed by atoms with E-state index < -0.39 is 0 Å². The maximum absolute atomic E-state index is 13.5. The number of thiophene rings is 1. The second kappa shape index (κ2) is 6.72. The number of hydrogen-bond acceptors (Lipinski definition) is 3. The van der Waals surface area contributed by atoms with Crippen molar-refractivity contribution in [1.29, 1.82) is 0 Å². The molecule has 0 unspecified atom stereocenters. The number of hydrogen-bond donors (Lipinski definition) is 0. The quantitative estimate of drug-likeness (QED) is 0.466. The summed E-state index contributed by atoms with van der Waals surface area (Å²) in [5.41, 5.74) is 3.26. The molecule has 28 heavy (non-hydrogen) atoms. The largest absolute Gasteiger partial charge is 0.327 e. The minimum atomic E-state index is -0.299. The minimum Gasteiger partial charge on any atom is -0.327 e. The first-order valence-electron chi connectivity index (χ1n) is 8.87. The van der Waals surface area contributed by atoms with Gasteiger partial charge in [-0.05, 0) is 47.9 Å². The highest BCUT2D eigenvalue weighted by Crippen LogP contribution is 2.41. The van der Waals surface area contributed by atoms with E-state index in [2.05, 4.69) is 4.98 Å². The van der Waals surface area contributed by atoms with Crippen molar-refractivity contribution in [3.63, 3.8) is 0 Å². The Morgan fingerprint density at radius 1 is 1.21 bits per heavy atom. The van der Waals surface area contributed by atoms with Crippen molar-refractivity contribution in [3.8, 4) is 0 Å². The number of carbonyl (C=O) groups excluding carboxylic acids is 1. The first-order valence-corrected chi connectivity index (χ1v) is 10.1. The Hall–Kier alpha value is -2.70. The molecule has 4 aromatic rings. The molecule has 0 bridgehead atoms. The Labute approximate surface area is 169 Å². The van der Waals surface area contributed by atoms with Gasteiger partial charge in [-0.25, -0.2) is 9.37 Å². The first-order chi connectivity index (χ1) is 13.6. The molecule has 1 aliphatic rings. The molecule has 5 rings (SSSR count). The number of halogens is 2. The SMILES string of the molecule is O=C(c1ccc2nccn2c1)N1CCc2sc(Cl)cc2[C@H]1c1ccc(F)cc1. The van der Waals surface area contributed by atoms with Crippen LogP contribution in [0.3, 0.4) is 0 Å². The van der Waals surface area contributed by atoms with Gasteiger partial charge in [-0.2, -0.15) is 0 Å². The Bertz CT molecular complexity index is 1180. The van der Waals surface area contributed by atoms with Gasteiger partial charge in [0.25, 0.3) is 5.91 Å². The van der Waals surface area contributed by atoms with Crippen LogP contribution in [-0.4, -0.2) is 26.7 Å². The Morgan fingerprint density at radius 3 is 2.86 bits per heavy atom. The normalized spacial score (nSPS) is 16.4. The van der Waals surface area contributed by atoms with E-state index in [1.54, 1.807) is 41.9 Å². The van der Waals surface area contributed by atoms with E-state index in [1.807, 2.05) is 27.6 Å². The zero-order valence-electron chi connectivity index (χ0n) is 14.7. The van der Waals surface area contributed by atoms with Crippen molar-refractivity contribution in [3.05, 3.63) is 92.8 Å². The third kappa shape index (κ3) is 2.89. The number of rotatable bonds is 2. The van der Waals surface area contributed by atoms with Crippen LogP contribution in [-0.2, 0) is 6.42 Å². The summed E-state index contributed by atoms with van der Waals surface area (Å²) in [6.07, 6.45) is 6.06. The molecule has 0 fully saturated rings. The molecular weight excluding hydrogens is 397 g/mol. The molecule has 3 aromatic heterocycles. The average Bonchev–Trinajstić information content (AvgIpc) is 3.32. The molecule has 0 saturated carbocycles. The van der Waals surface area contributed by atoms with E-state index in [0.717, 1.165) is 23.2 Å². The Kier molecular flexibility index (Phi) is 4.18. The molecule has 1 amide bonds. The highest BCUT2D eigenvalue weighted by Gasteiger charge is 2.34. The van der Waals surface area contributed by atoms with E-state index in [4.69, 9.17) is 11.6 Å². The molecule has 0 radical (unpaired) electrons. The fraction of sp³-hybridized carbons (Fsp3) is 0.143. The third-order valence-electron chi connectivity index (χ3n) is 5.08. The van der Waals surface area contributed by atoms with Crippen LogP contribution in [0.1, 0.15) is 32.4 Å². The number of imidazole rings is 1. The summed E-state index contributed by atoms with van der Waals surface area (Å²) in [7, 11) is 0. The van der Waals surface area contributed by atoms with Gasteiger partial charge < -0.3 is 9.30 Å². The lowest BCUT2D eigenvalue weighted by Gasteiger charge is -2.36. The van der Waals surface area contributed by atoms with Crippen LogP contribution < -0.4 is 0 Å². The molecule has 0 saturated heterocycles. The van der Waals surface area contributed by atoms with Crippen LogP contribution in [0.25, 0.3) is 5.65 Å². The summed E-state index contributed by atoms with van der Waals surface area (Å²) in [6.45, 7) is 0.576. The van der Waals surface area contributed by atoms with Gasteiger partial charge in [-0.3, -0.25) is 4.79 Å². The molecule has 1 aromatic carbocycles. The van der Waals surface area contributed by atoms with Crippen molar-refractivity contribution in [1.82, 2.24) is 14.3 Å². The predicted octanol–water partition coefficient (Wildman–Crippen LogP) is 4.98. The number of nitrogens with zero attached hydrogens (tertiary/aromatic N) is 3. The van der Waals surface area contributed by atoms with Crippen LogP contribution in [0, 0.1) is 5.82 Å². The average molecular weight is 412 g/mol. The number of benzene rings is 1. The molecule has 4 nitrogen and oxygen atoms in total. The smallest absolute Gasteiger partial charge is 0.256 e. The number of fused-ring (bicyclic) bond motifs is 2. The Morgan fingerprint density at radius 2 is 2.04 bits per heavy atom. The number of pyridine rings is 1. The molecule has 0 spiro atoms. The number of amides is 1. The topological polar surface area (TPSA) is 37.6 Å². The van der Waals surface area contributed by atoms with Gasteiger partial charge in [-0.1, -0.05) is 23.7 Å². The van der Waals surface area contributed by atoms with Crippen LogP contribution >= 0.6 is 22.9 Å². The van der Waals surface area contributed by atoms with Crippen molar-refractivity contribution in [2.75, 3.05) is 6.54 Å². The summed E-state index contributed by atoms with van der Waals surface area (Å²) in [6, 6.07) is 11.6. The van der Waals surface area contributed by atoms with Crippen molar-refractivity contribution in [2.45, 2.75) is 12.5 Å². The lowest BCUT2D eigenvalue weighted by atomic mass is 9.92. The molecule has 0 aliphatic carbocycles. The molecule has 1 atom stereocenters. The summed E-state index contributed by atoms with van der Waals surface area (Å²) < 4.78 is 16.0. The van der Waals surface area contributed by atoms with Crippen LogP contribution in [0.4, 0.5) is 4.39 Å². The highest BCUT2D eigenvalue weighted by molar-refractivity contribution is 7.16. The van der Waals surface area contributed by atoms with E-state index in [9.17, 15) is 9.18 Å². The molecule has 4 heterocycles. The van der Waals surface area contributed by atoms with Gasteiger partial charge in [0, 0.05) is 30.0 Å². The van der Waals surface area contributed by atoms with Gasteiger partial charge in [0.05, 0.1) is 15.9 Å². The fourth-order valence-electron chi connectivity index (χ4n) is 3.79. The summed E-state index contributed by atoms with van der Waals surface area (Å²) in [5, 5.41) is 0. The second-order valence-electron chi connectivity index (χ2n) is 6.74. The number of aromatic nitrogens is 2. The lowest BCUT2D eigenvalue weighted by molar-refractivity contribution is 0.0695. The zero-order valence-corrected chi connectivity index (χ0v) is 16.3. The van der Waals surface area contributed by atoms with Crippen LogP contribution in [0.15, 0.2) is 61.1 Å². The van der Waals surface area contributed by atoms with E-state index >= 15 is 0 Å². The standard InChI is InChI=1S/C21H15ClFN3OS/c22-18-11-16-17(28-18)7-9-26(20(16)13-1-4-15(23)5-2-13)21(27)14-3-6-19-24-8-10-25(19)12-14/h1-6,8,10-12,20H,7,9H2/t20-/m1/s1. The second-order valence-corrected chi connectivity index (χ2v) is 8.51. The van der Waals surface area contributed by atoms with Crippen LogP contribution in [0.2, 0.25) is 4.34 Å². The molecule has 140 valence electrons. The van der Waals surface area contributed by atoms with Gasteiger partial charge in [0.2, 0.25) is 0 Å². The van der Waals surface area contributed by atoms with Crippen molar-refractivity contribution in [2.24, 2.45) is 0 Å². The van der Waals surface area contributed by atoms with E-state index in [1.165, 1.54) is 17.0 Å². The van der Waals surface area contributed by atoms with Gasteiger partial charge in [0.15, 0.2) is 0 Å². The first kappa shape index (κ1) is 17.4. The minimum absolute atomic E-state index is 0.0714. The van der Waals surface area contributed by atoms with E-state index in [0.29, 0.717) is 16.4 Å². The van der Waals surface area contributed by atoms with Gasteiger partial charge in [0.1, 0.15) is 11.5 Å². The fourth-order valence-corrected chi connectivity index (χ4v) is 5.09. The zero-order chi connectivity index (χ0) is 19.3. The van der Waals surface area contributed by atoms with Crippen molar-refractivity contribution >= 4 is 34.5 Å². The predicted molar refractivity (Wildman–Crippen MR) is 108 cm³/mol. The molecule has 1 aliphatic heterocycles. The van der Waals surface area contributed by atoms with Gasteiger partial charge in [-0.15, -0.1) is 11.3 Å². The Balaban J connectivity index is 1.59. The summed E-state index contributed by atoms with van der Waals surface area (Å²) in [5.74, 6) is -0.371.